The summed E-state index contributed by atoms with van der Waals surface area (Å²) < 4.78 is 4.84. The lowest BCUT2D eigenvalue weighted by Crippen LogP contribution is -2.40. The molecule has 2 heterocycles. The van der Waals surface area contributed by atoms with Gasteiger partial charge in [-0.1, -0.05) is 45.2 Å². The molecule has 1 saturated carbocycles. The molecular formula is C24H33N5O3. The van der Waals surface area contributed by atoms with Crippen LogP contribution in [0.3, 0.4) is 0 Å². The molecule has 0 bridgehead atoms. The number of aromatic hydroxyl groups is 1. The number of imidazole rings is 1. The first-order chi connectivity index (χ1) is 15.4. The monoisotopic (exact) mass is 439 g/mol. The van der Waals surface area contributed by atoms with Gasteiger partial charge < -0.3 is 10.4 Å². The Morgan fingerprint density at radius 3 is 2.38 bits per heavy atom. The van der Waals surface area contributed by atoms with Crippen molar-refractivity contribution in [2.24, 2.45) is 5.92 Å². The number of fused-ring (bicyclic) bond motifs is 1. The average molecular weight is 440 g/mol. The van der Waals surface area contributed by atoms with Crippen molar-refractivity contribution in [1.82, 2.24) is 18.7 Å². The van der Waals surface area contributed by atoms with E-state index < -0.39 is 0 Å². The lowest BCUT2D eigenvalue weighted by molar-refractivity contribution is 0.459. The Kier molecular flexibility index (Phi) is 6.39. The molecule has 32 heavy (non-hydrogen) atoms. The molecule has 2 aromatic heterocycles. The second-order valence-corrected chi connectivity index (χ2v) is 9.18. The zero-order valence-corrected chi connectivity index (χ0v) is 19.2. The SMILES string of the molecule is CCn1c(=O)c2c(nc(NC3CCCCC3)n2Cc2ccc(O)cc2)n(CC(C)C)c1=O. The standard InChI is InChI=1S/C24H33N5O3/c1-4-27-22(31)20-21(29(24(27)32)14-16(2)3)26-23(25-18-8-6-5-7-9-18)28(20)15-17-10-12-19(30)13-11-17/h10-13,16,18,30H,4-9,14-15H2,1-3H3,(H,25,26). The minimum Gasteiger partial charge on any atom is -0.508 e. The number of nitrogens with zero attached hydrogens (tertiary/aromatic N) is 4. The quantitative estimate of drug-likeness (QED) is 0.587. The lowest BCUT2D eigenvalue weighted by atomic mass is 9.96. The summed E-state index contributed by atoms with van der Waals surface area (Å²) in [6.45, 7) is 7.14. The third kappa shape index (κ3) is 4.31. The highest BCUT2D eigenvalue weighted by Crippen LogP contribution is 2.25. The van der Waals surface area contributed by atoms with E-state index >= 15 is 0 Å². The first kappa shape index (κ1) is 22.2. The van der Waals surface area contributed by atoms with Crippen molar-refractivity contribution in [1.29, 1.82) is 0 Å². The molecule has 0 amide bonds. The van der Waals surface area contributed by atoms with Crippen molar-refractivity contribution in [3.05, 3.63) is 50.7 Å². The van der Waals surface area contributed by atoms with Crippen LogP contribution in [0.2, 0.25) is 0 Å². The largest absolute Gasteiger partial charge is 0.508 e. The molecule has 0 spiro atoms. The Morgan fingerprint density at radius 1 is 1.06 bits per heavy atom. The smallest absolute Gasteiger partial charge is 0.332 e. The van der Waals surface area contributed by atoms with E-state index in [0.717, 1.165) is 18.4 Å². The Labute approximate surface area is 187 Å². The number of aromatic nitrogens is 4. The van der Waals surface area contributed by atoms with E-state index in [1.54, 1.807) is 16.7 Å². The fraction of sp³-hybridized carbons (Fsp3) is 0.542. The molecule has 1 aliphatic carbocycles. The van der Waals surface area contributed by atoms with Crippen molar-refractivity contribution in [2.75, 3.05) is 5.32 Å². The second-order valence-electron chi connectivity index (χ2n) is 9.18. The fourth-order valence-corrected chi connectivity index (χ4v) is 4.58. The lowest BCUT2D eigenvalue weighted by Gasteiger charge is -2.23. The summed E-state index contributed by atoms with van der Waals surface area (Å²) in [5.74, 6) is 1.06. The topological polar surface area (TPSA) is 94.1 Å². The van der Waals surface area contributed by atoms with Crippen LogP contribution in [-0.4, -0.2) is 29.8 Å². The first-order valence-corrected chi connectivity index (χ1v) is 11.7. The van der Waals surface area contributed by atoms with Gasteiger partial charge in [-0.2, -0.15) is 4.98 Å². The number of benzene rings is 1. The van der Waals surface area contributed by atoms with Crippen LogP contribution >= 0.6 is 0 Å². The van der Waals surface area contributed by atoms with Crippen LogP contribution in [0, 0.1) is 5.92 Å². The highest BCUT2D eigenvalue weighted by atomic mass is 16.3. The van der Waals surface area contributed by atoms with Gasteiger partial charge in [-0.05, 0) is 43.4 Å². The van der Waals surface area contributed by atoms with Gasteiger partial charge in [0.1, 0.15) is 5.75 Å². The van der Waals surface area contributed by atoms with E-state index in [0.29, 0.717) is 42.8 Å². The molecule has 3 aromatic rings. The van der Waals surface area contributed by atoms with Crippen LogP contribution in [0.15, 0.2) is 33.9 Å². The molecule has 1 aromatic carbocycles. The number of rotatable bonds is 7. The van der Waals surface area contributed by atoms with E-state index in [-0.39, 0.29) is 22.9 Å². The molecule has 0 unspecified atom stereocenters. The fourth-order valence-electron chi connectivity index (χ4n) is 4.58. The third-order valence-electron chi connectivity index (χ3n) is 6.19. The first-order valence-electron chi connectivity index (χ1n) is 11.7. The Morgan fingerprint density at radius 2 is 1.75 bits per heavy atom. The maximum absolute atomic E-state index is 13.4. The Hall–Kier alpha value is -3.03. The summed E-state index contributed by atoms with van der Waals surface area (Å²) in [7, 11) is 0. The maximum atomic E-state index is 13.4. The molecule has 0 aliphatic heterocycles. The molecule has 2 N–H and O–H groups in total. The molecule has 1 aliphatic rings. The number of phenolic OH excluding ortho intramolecular Hbond substituents is 1. The number of nitrogens with one attached hydrogen (secondary N) is 1. The van der Waals surface area contributed by atoms with Gasteiger partial charge in [0, 0.05) is 19.1 Å². The molecule has 0 radical (unpaired) electrons. The maximum Gasteiger partial charge on any atom is 0.332 e. The number of anilines is 1. The average Bonchev–Trinajstić information content (AvgIpc) is 3.11. The second kappa shape index (κ2) is 9.22. The Bertz CT molecular complexity index is 1200. The van der Waals surface area contributed by atoms with Gasteiger partial charge in [-0.15, -0.1) is 0 Å². The van der Waals surface area contributed by atoms with E-state index in [2.05, 4.69) is 5.32 Å². The van der Waals surface area contributed by atoms with Crippen molar-refractivity contribution in [3.8, 4) is 5.75 Å². The minimum atomic E-state index is -0.310. The molecular weight excluding hydrogens is 406 g/mol. The van der Waals surface area contributed by atoms with Crippen LogP contribution in [0.1, 0.15) is 58.4 Å². The van der Waals surface area contributed by atoms with Gasteiger partial charge >= 0.3 is 5.69 Å². The van der Waals surface area contributed by atoms with E-state index in [1.165, 1.54) is 23.8 Å². The molecule has 8 nitrogen and oxygen atoms in total. The van der Waals surface area contributed by atoms with Gasteiger partial charge in [0.25, 0.3) is 5.56 Å². The highest BCUT2D eigenvalue weighted by molar-refractivity contribution is 5.74. The third-order valence-corrected chi connectivity index (χ3v) is 6.19. The molecule has 8 heteroatoms. The van der Waals surface area contributed by atoms with Crippen molar-refractivity contribution in [3.63, 3.8) is 0 Å². The zero-order chi connectivity index (χ0) is 22.8. The highest BCUT2D eigenvalue weighted by Gasteiger charge is 2.24. The summed E-state index contributed by atoms with van der Waals surface area (Å²) in [6.07, 6.45) is 5.74. The summed E-state index contributed by atoms with van der Waals surface area (Å²) in [5.41, 5.74) is 1.21. The summed E-state index contributed by atoms with van der Waals surface area (Å²) in [6, 6.07) is 7.27. The van der Waals surface area contributed by atoms with Crippen LogP contribution in [0.4, 0.5) is 5.95 Å². The van der Waals surface area contributed by atoms with Crippen molar-refractivity contribution in [2.45, 2.75) is 78.6 Å². The normalized spacial score (nSPS) is 15.0. The molecule has 4 rings (SSSR count). The number of hydrogen-bond acceptors (Lipinski definition) is 5. The summed E-state index contributed by atoms with van der Waals surface area (Å²) in [5, 5.41) is 13.2. The summed E-state index contributed by atoms with van der Waals surface area (Å²) in [4.78, 5) is 31.3. The van der Waals surface area contributed by atoms with Gasteiger partial charge in [-0.25, -0.2) is 4.79 Å². The van der Waals surface area contributed by atoms with Crippen molar-refractivity contribution >= 4 is 17.1 Å². The number of phenols is 1. The van der Waals surface area contributed by atoms with Gasteiger partial charge in [0.15, 0.2) is 11.2 Å². The summed E-state index contributed by atoms with van der Waals surface area (Å²) >= 11 is 0. The van der Waals surface area contributed by atoms with Gasteiger partial charge in [0.05, 0.1) is 6.54 Å². The van der Waals surface area contributed by atoms with Crippen LogP contribution < -0.4 is 16.6 Å². The van der Waals surface area contributed by atoms with Gasteiger partial charge in [-0.3, -0.25) is 18.5 Å². The van der Waals surface area contributed by atoms with Crippen LogP contribution in [0.25, 0.3) is 11.2 Å². The van der Waals surface area contributed by atoms with Crippen LogP contribution in [0.5, 0.6) is 5.75 Å². The predicted octanol–water partition coefficient (Wildman–Crippen LogP) is 3.53. The zero-order valence-electron chi connectivity index (χ0n) is 19.2. The van der Waals surface area contributed by atoms with Crippen LogP contribution in [-0.2, 0) is 19.6 Å². The Balaban J connectivity index is 1.92. The van der Waals surface area contributed by atoms with E-state index in [9.17, 15) is 14.7 Å². The molecule has 172 valence electrons. The minimum absolute atomic E-state index is 0.198. The van der Waals surface area contributed by atoms with E-state index in [1.807, 2.05) is 37.5 Å². The molecule has 1 fully saturated rings. The number of hydrogen-bond donors (Lipinski definition) is 2. The van der Waals surface area contributed by atoms with E-state index in [4.69, 9.17) is 4.98 Å². The predicted molar refractivity (Wildman–Crippen MR) is 126 cm³/mol. The molecule has 0 saturated heterocycles. The van der Waals surface area contributed by atoms with Gasteiger partial charge in [0.2, 0.25) is 5.95 Å². The molecule has 0 atom stereocenters. The van der Waals surface area contributed by atoms with Crippen molar-refractivity contribution < 1.29 is 5.11 Å².